The molecule has 0 saturated carbocycles. The summed E-state index contributed by atoms with van der Waals surface area (Å²) >= 11 is 0. The minimum absolute atomic E-state index is 0.00483. The number of urea groups is 1. The Labute approximate surface area is 194 Å². The number of nitrogens with zero attached hydrogens (tertiary/aromatic N) is 3. The van der Waals surface area contributed by atoms with Crippen molar-refractivity contribution in [1.29, 1.82) is 0 Å². The number of hydrogen-bond donors (Lipinski definition) is 1. The highest BCUT2D eigenvalue weighted by molar-refractivity contribution is 6.78. The van der Waals surface area contributed by atoms with Crippen LogP contribution < -0.4 is 14.8 Å². The average molecular weight is 464 g/mol. The Bertz CT molecular complexity index is 1270. The lowest BCUT2D eigenvalue weighted by atomic mass is 9.99. The maximum absolute atomic E-state index is 14.2. The number of carbonyl (C=O) groups is 3. The van der Waals surface area contributed by atoms with Gasteiger partial charge in [0.15, 0.2) is 17.2 Å². The largest absolute Gasteiger partial charge is 0.493 e. The van der Waals surface area contributed by atoms with Crippen LogP contribution in [-0.4, -0.2) is 61.5 Å². The average Bonchev–Trinajstić information content (AvgIpc) is 3.25. The third-order valence-corrected chi connectivity index (χ3v) is 5.34. The molecule has 4 rings (SSSR count). The lowest BCUT2D eigenvalue weighted by Crippen LogP contribution is -2.50. The second-order valence-corrected chi connectivity index (χ2v) is 7.42. The van der Waals surface area contributed by atoms with Crippen LogP contribution in [0.25, 0.3) is 5.57 Å². The Balaban J connectivity index is 1.37. The number of allylic oxidation sites excluding steroid dienone is 1. The molecule has 2 aromatic rings. The molecule has 0 spiro atoms. The Morgan fingerprint density at radius 1 is 1.06 bits per heavy atom. The zero-order valence-corrected chi connectivity index (χ0v) is 18.5. The number of carbonyl (C=O) groups excluding carboxylic acids is 3. The Morgan fingerprint density at radius 2 is 1.82 bits per heavy atom. The van der Waals surface area contributed by atoms with Gasteiger partial charge in [-0.1, -0.05) is 24.3 Å². The molecule has 34 heavy (non-hydrogen) atoms. The summed E-state index contributed by atoms with van der Waals surface area (Å²) in [6, 6.07) is 10.4. The van der Waals surface area contributed by atoms with Gasteiger partial charge in [-0.25, -0.2) is 19.1 Å². The predicted molar refractivity (Wildman–Crippen MR) is 123 cm³/mol. The molecule has 2 aromatic carbocycles. The fraction of sp³-hybridized carbons (Fsp3) is 0.208. The van der Waals surface area contributed by atoms with E-state index in [9.17, 15) is 18.8 Å². The number of aliphatic imine (C=N–C) groups is 2. The molecule has 174 valence electrons. The molecule has 0 aliphatic carbocycles. The Hall–Kier alpha value is -4.34. The van der Waals surface area contributed by atoms with Crippen molar-refractivity contribution in [1.82, 2.24) is 10.2 Å². The van der Waals surface area contributed by atoms with Crippen molar-refractivity contribution in [2.45, 2.75) is 6.42 Å². The highest BCUT2D eigenvalue weighted by atomic mass is 19.1. The summed E-state index contributed by atoms with van der Waals surface area (Å²) in [4.78, 5) is 46.3. The fourth-order valence-corrected chi connectivity index (χ4v) is 3.62. The summed E-state index contributed by atoms with van der Waals surface area (Å²) in [6.45, 7) is -0.229. The van der Waals surface area contributed by atoms with E-state index in [0.717, 1.165) is 5.56 Å². The molecule has 2 aliphatic heterocycles. The molecule has 0 bridgehead atoms. The zero-order valence-electron chi connectivity index (χ0n) is 18.5. The molecule has 2 aliphatic rings. The number of rotatable bonds is 8. The van der Waals surface area contributed by atoms with Gasteiger partial charge in [0.2, 0.25) is 5.91 Å². The Kier molecular flexibility index (Phi) is 6.48. The molecular formula is C24H21FN4O5. The van der Waals surface area contributed by atoms with E-state index in [1.54, 1.807) is 25.3 Å². The van der Waals surface area contributed by atoms with Crippen LogP contribution >= 0.6 is 0 Å². The first-order valence-electron chi connectivity index (χ1n) is 10.4. The highest BCUT2D eigenvalue weighted by Crippen LogP contribution is 2.28. The smallest absolute Gasteiger partial charge is 0.351 e. The van der Waals surface area contributed by atoms with Crippen molar-refractivity contribution in [3.05, 3.63) is 65.6 Å². The zero-order chi connectivity index (χ0) is 24.2. The minimum atomic E-state index is -0.905. The lowest BCUT2D eigenvalue weighted by molar-refractivity contribution is -0.128. The van der Waals surface area contributed by atoms with Crippen molar-refractivity contribution in [3.63, 3.8) is 0 Å². The van der Waals surface area contributed by atoms with Crippen LogP contribution in [0.2, 0.25) is 0 Å². The van der Waals surface area contributed by atoms with Crippen LogP contribution in [0.3, 0.4) is 0 Å². The number of hydrogen-bond acceptors (Lipinski definition) is 6. The number of nitrogens with one attached hydrogen (secondary N) is 1. The number of methoxy groups -OCH3 is 2. The maximum atomic E-state index is 14.2. The van der Waals surface area contributed by atoms with E-state index in [-0.39, 0.29) is 29.1 Å². The van der Waals surface area contributed by atoms with Crippen molar-refractivity contribution in [3.8, 4) is 11.5 Å². The maximum Gasteiger partial charge on any atom is 0.351 e. The minimum Gasteiger partial charge on any atom is -0.493 e. The summed E-state index contributed by atoms with van der Waals surface area (Å²) < 4.78 is 24.6. The van der Waals surface area contributed by atoms with E-state index in [0.29, 0.717) is 22.8 Å². The van der Waals surface area contributed by atoms with Gasteiger partial charge in [0.05, 0.1) is 14.2 Å². The quantitative estimate of drug-likeness (QED) is 0.645. The van der Waals surface area contributed by atoms with Crippen molar-refractivity contribution in [2.75, 3.05) is 27.3 Å². The summed E-state index contributed by atoms with van der Waals surface area (Å²) in [7, 11) is 3.08. The third-order valence-electron chi connectivity index (χ3n) is 5.34. The molecule has 0 aromatic heterocycles. The number of imide groups is 1. The second kappa shape index (κ2) is 9.65. The van der Waals surface area contributed by atoms with Crippen molar-refractivity contribution in [2.24, 2.45) is 9.98 Å². The first-order valence-corrected chi connectivity index (χ1v) is 10.4. The van der Waals surface area contributed by atoms with Gasteiger partial charge >= 0.3 is 6.03 Å². The van der Waals surface area contributed by atoms with Crippen LogP contribution in [0, 0.1) is 5.82 Å². The summed E-state index contributed by atoms with van der Waals surface area (Å²) in [5.41, 5.74) is 1.24. The SMILES string of the molecule is COc1ccc(CCNC(=O)CN2C(=O)N=C3C(c4ccccc4F)=CN=C3C2=O)cc1OC. The van der Waals surface area contributed by atoms with Crippen LogP contribution in [0.15, 0.2) is 58.6 Å². The number of fused-ring (bicyclic) bond motifs is 1. The summed E-state index contributed by atoms with van der Waals surface area (Å²) in [6.07, 6.45) is 1.80. The molecule has 2 heterocycles. The monoisotopic (exact) mass is 464 g/mol. The van der Waals surface area contributed by atoms with Gasteiger partial charge in [0, 0.05) is 23.9 Å². The lowest BCUT2D eigenvalue weighted by Gasteiger charge is -2.23. The van der Waals surface area contributed by atoms with E-state index in [1.165, 1.54) is 31.5 Å². The van der Waals surface area contributed by atoms with E-state index in [4.69, 9.17) is 9.47 Å². The molecule has 1 N–H and O–H groups in total. The number of ether oxygens (including phenoxy) is 2. The molecule has 0 fully saturated rings. The normalized spacial score (nSPS) is 14.8. The van der Waals surface area contributed by atoms with Crippen LogP contribution in [0.1, 0.15) is 11.1 Å². The fourth-order valence-electron chi connectivity index (χ4n) is 3.62. The molecule has 0 saturated heterocycles. The van der Waals surface area contributed by atoms with Crippen molar-refractivity contribution >= 4 is 34.8 Å². The molecule has 9 nitrogen and oxygen atoms in total. The van der Waals surface area contributed by atoms with E-state index in [1.807, 2.05) is 6.07 Å². The van der Waals surface area contributed by atoms with Gasteiger partial charge in [0.25, 0.3) is 5.91 Å². The molecule has 4 amide bonds. The topological polar surface area (TPSA) is 110 Å². The number of amides is 4. The third kappa shape index (κ3) is 4.42. The highest BCUT2D eigenvalue weighted by Gasteiger charge is 2.39. The van der Waals surface area contributed by atoms with E-state index < -0.39 is 30.2 Å². The van der Waals surface area contributed by atoms with Gasteiger partial charge in [-0.3, -0.25) is 9.59 Å². The van der Waals surface area contributed by atoms with E-state index >= 15 is 0 Å². The molecule has 10 heteroatoms. The van der Waals surface area contributed by atoms with Crippen LogP contribution in [0.4, 0.5) is 9.18 Å². The molecule has 0 radical (unpaired) electrons. The van der Waals surface area contributed by atoms with Gasteiger partial charge in [-0.15, -0.1) is 0 Å². The summed E-state index contributed by atoms with van der Waals surface area (Å²) in [5, 5.41) is 2.68. The van der Waals surface area contributed by atoms with Gasteiger partial charge < -0.3 is 14.8 Å². The number of benzene rings is 2. The number of halogens is 1. The van der Waals surface area contributed by atoms with Gasteiger partial charge in [0.1, 0.15) is 18.1 Å². The van der Waals surface area contributed by atoms with Crippen molar-refractivity contribution < 1.29 is 28.2 Å². The first kappa shape index (κ1) is 22.8. The predicted octanol–water partition coefficient (Wildman–Crippen LogP) is 2.40. The standard InChI is InChI=1S/C24H21FN4O5/c1-33-18-8-7-14(11-19(18)34-2)9-10-26-20(30)13-29-23(31)22-21(28-24(29)32)16(12-27-22)15-5-3-4-6-17(15)25/h3-8,11-12H,9-10,13H2,1-2H3,(H,26,30). The van der Waals surface area contributed by atoms with Gasteiger partial charge in [-0.2, -0.15) is 4.99 Å². The molecular weight excluding hydrogens is 443 g/mol. The second-order valence-electron chi connectivity index (χ2n) is 7.42. The molecule has 0 unspecified atom stereocenters. The van der Waals surface area contributed by atoms with E-state index in [2.05, 4.69) is 15.3 Å². The van der Waals surface area contributed by atoms with Crippen LogP contribution in [0.5, 0.6) is 11.5 Å². The summed E-state index contributed by atoms with van der Waals surface area (Å²) in [5.74, 6) is -0.636. The van der Waals surface area contributed by atoms with Crippen LogP contribution in [-0.2, 0) is 16.0 Å². The first-order chi connectivity index (χ1) is 16.4. The van der Waals surface area contributed by atoms with Gasteiger partial charge in [-0.05, 0) is 30.2 Å². The Morgan fingerprint density at radius 3 is 2.56 bits per heavy atom. The molecule has 0 atom stereocenters.